The van der Waals surface area contributed by atoms with Gasteiger partial charge in [0.05, 0.1) is 5.57 Å². The predicted molar refractivity (Wildman–Crippen MR) is 194 cm³/mol. The number of hydrogen-bond donors (Lipinski definition) is 4. The van der Waals surface area contributed by atoms with E-state index in [1.807, 2.05) is 43.3 Å². The molecule has 3 aromatic carbocycles. The van der Waals surface area contributed by atoms with Crippen molar-refractivity contribution in [3.05, 3.63) is 126 Å². The number of allylic oxidation sites excluding steroid dienone is 1. The van der Waals surface area contributed by atoms with Crippen molar-refractivity contribution in [3.63, 3.8) is 0 Å². The molecule has 0 radical (unpaired) electrons. The van der Waals surface area contributed by atoms with E-state index in [0.717, 1.165) is 16.9 Å². The van der Waals surface area contributed by atoms with Crippen LogP contribution in [0.4, 0.5) is 11.5 Å². The summed E-state index contributed by atoms with van der Waals surface area (Å²) in [5.41, 5.74) is 8.22. The Hall–Kier alpha value is -4.11. The Morgan fingerprint density at radius 2 is 1.49 bits per heavy atom. The smallest absolute Gasteiger partial charge is 0.168 e. The summed E-state index contributed by atoms with van der Waals surface area (Å²) in [7, 11) is -1.14. The summed E-state index contributed by atoms with van der Waals surface area (Å²) in [5, 5.41) is 19.7. The van der Waals surface area contributed by atoms with Crippen LogP contribution in [0.1, 0.15) is 46.1 Å². The SMILES string of the molecule is CC(C)(C)[SiH](c1ccccc1)c1ccccc1.CC1(CO)CC(=O)C(C(=S)Nc2ccccc2)=C(NCc2ccnc(N)c2)C1. The van der Waals surface area contributed by atoms with Gasteiger partial charge >= 0.3 is 0 Å². The second-order valence-electron chi connectivity index (χ2n) is 13.0. The average Bonchev–Trinajstić information content (AvgIpc) is 3.01. The van der Waals surface area contributed by atoms with Crippen molar-refractivity contribution in [2.24, 2.45) is 5.41 Å². The molecule has 0 fully saturated rings. The summed E-state index contributed by atoms with van der Waals surface area (Å²) >= 11 is 5.55. The Kier molecular flexibility index (Phi) is 11.4. The minimum Gasteiger partial charge on any atom is -0.396 e. The van der Waals surface area contributed by atoms with Crippen LogP contribution in [0.2, 0.25) is 5.04 Å². The number of benzene rings is 3. The highest BCUT2D eigenvalue weighted by molar-refractivity contribution is 7.81. The number of carbonyl (C=O) groups is 1. The van der Waals surface area contributed by atoms with Crippen LogP contribution in [0.5, 0.6) is 0 Å². The third-order valence-electron chi connectivity index (χ3n) is 7.90. The molecule has 1 heterocycles. The number of pyridine rings is 1. The molecule has 0 amide bonds. The molecule has 1 unspecified atom stereocenters. The zero-order chi connectivity index (χ0) is 32.5. The molecule has 0 bridgehead atoms. The van der Waals surface area contributed by atoms with Crippen molar-refractivity contribution in [3.8, 4) is 0 Å². The first-order valence-corrected chi connectivity index (χ1v) is 17.4. The van der Waals surface area contributed by atoms with Crippen LogP contribution in [-0.4, -0.2) is 36.3 Å². The van der Waals surface area contributed by atoms with Gasteiger partial charge in [-0.05, 0) is 41.3 Å². The number of nitrogens with one attached hydrogen (secondary N) is 2. The monoisotopic (exact) mass is 636 g/mol. The first kappa shape index (κ1) is 33.8. The van der Waals surface area contributed by atoms with Crippen LogP contribution in [-0.2, 0) is 11.3 Å². The highest BCUT2D eigenvalue weighted by Crippen LogP contribution is 2.37. The predicted octanol–water partition coefficient (Wildman–Crippen LogP) is 5.64. The third kappa shape index (κ3) is 9.44. The Balaban J connectivity index is 0.000000231. The summed E-state index contributed by atoms with van der Waals surface area (Å²) in [6, 6.07) is 35.1. The van der Waals surface area contributed by atoms with Crippen LogP contribution < -0.4 is 26.7 Å². The zero-order valence-corrected chi connectivity index (χ0v) is 28.6. The molecule has 234 valence electrons. The number of carbonyl (C=O) groups excluding carboxylic acids is 1. The molecule has 0 spiro atoms. The minimum absolute atomic E-state index is 0.0711. The number of aliphatic hydroxyl groups is 1. The molecular formula is C37H44N4O2SSi. The summed E-state index contributed by atoms with van der Waals surface area (Å²) in [6.45, 7) is 9.41. The van der Waals surface area contributed by atoms with Gasteiger partial charge in [0, 0.05) is 42.6 Å². The maximum atomic E-state index is 12.9. The molecule has 0 saturated carbocycles. The molecule has 0 saturated heterocycles. The van der Waals surface area contributed by atoms with E-state index in [2.05, 4.69) is 97.1 Å². The number of aromatic nitrogens is 1. The molecule has 0 aliphatic heterocycles. The number of rotatable bonds is 8. The van der Waals surface area contributed by atoms with Gasteiger partial charge in [-0.1, -0.05) is 129 Å². The fourth-order valence-corrected chi connectivity index (χ4v) is 9.71. The van der Waals surface area contributed by atoms with Crippen LogP contribution >= 0.6 is 12.2 Å². The first-order chi connectivity index (χ1) is 21.5. The van der Waals surface area contributed by atoms with E-state index >= 15 is 0 Å². The first-order valence-electron chi connectivity index (χ1n) is 15.3. The number of hydrogen-bond acceptors (Lipinski definition) is 6. The van der Waals surface area contributed by atoms with E-state index in [0.29, 0.717) is 34.4 Å². The van der Waals surface area contributed by atoms with Gasteiger partial charge < -0.3 is 21.5 Å². The Bertz CT molecular complexity index is 1570. The number of nitrogens with two attached hydrogens (primary N) is 1. The zero-order valence-electron chi connectivity index (χ0n) is 26.6. The second-order valence-corrected chi connectivity index (χ2v) is 17.3. The Morgan fingerprint density at radius 3 is 2.00 bits per heavy atom. The molecule has 1 aliphatic rings. The molecule has 1 aliphatic carbocycles. The quantitative estimate of drug-likeness (QED) is 0.147. The summed E-state index contributed by atoms with van der Waals surface area (Å²) < 4.78 is 0. The van der Waals surface area contributed by atoms with Gasteiger partial charge in [0.15, 0.2) is 5.78 Å². The van der Waals surface area contributed by atoms with E-state index in [9.17, 15) is 9.90 Å². The largest absolute Gasteiger partial charge is 0.396 e. The third-order valence-corrected chi connectivity index (χ3v) is 12.0. The van der Waals surface area contributed by atoms with E-state index in [-0.39, 0.29) is 18.8 Å². The van der Waals surface area contributed by atoms with Crippen LogP contribution in [0.3, 0.4) is 0 Å². The molecule has 8 heteroatoms. The lowest BCUT2D eigenvalue weighted by Gasteiger charge is -2.34. The molecular weight excluding hydrogens is 593 g/mol. The van der Waals surface area contributed by atoms with Crippen molar-refractivity contribution in [2.75, 3.05) is 17.7 Å². The van der Waals surface area contributed by atoms with Gasteiger partial charge in [0.2, 0.25) is 0 Å². The summed E-state index contributed by atoms with van der Waals surface area (Å²) in [4.78, 5) is 17.3. The Morgan fingerprint density at radius 1 is 0.933 bits per heavy atom. The van der Waals surface area contributed by atoms with Gasteiger partial charge in [-0.3, -0.25) is 4.79 Å². The maximum absolute atomic E-state index is 12.9. The number of aliphatic hydroxyl groups excluding tert-OH is 1. The maximum Gasteiger partial charge on any atom is 0.168 e. The molecule has 4 aromatic rings. The highest BCUT2D eigenvalue weighted by Gasteiger charge is 2.37. The number of anilines is 2. The number of ketones is 1. The lowest BCUT2D eigenvalue weighted by atomic mass is 9.74. The van der Waals surface area contributed by atoms with Crippen molar-refractivity contribution >= 4 is 53.7 Å². The van der Waals surface area contributed by atoms with Gasteiger partial charge in [-0.25, -0.2) is 4.98 Å². The summed E-state index contributed by atoms with van der Waals surface area (Å²) in [5.74, 6) is 0.364. The van der Waals surface area contributed by atoms with Crippen LogP contribution in [0.25, 0.3) is 0 Å². The molecule has 1 atom stereocenters. The van der Waals surface area contributed by atoms with Gasteiger partial charge in [0.1, 0.15) is 19.6 Å². The van der Waals surface area contributed by atoms with E-state index in [1.165, 1.54) is 10.4 Å². The van der Waals surface area contributed by atoms with Crippen LogP contribution in [0, 0.1) is 5.41 Å². The molecule has 5 rings (SSSR count). The fourth-order valence-electron chi connectivity index (χ4n) is 5.76. The van der Waals surface area contributed by atoms with E-state index < -0.39 is 14.2 Å². The van der Waals surface area contributed by atoms with E-state index in [1.54, 1.807) is 12.3 Å². The normalized spacial score (nSPS) is 16.5. The molecule has 1 aromatic heterocycles. The number of Topliss-reactive ketones (excluding diaryl/α,β-unsaturated/α-hetero) is 1. The van der Waals surface area contributed by atoms with Crippen LogP contribution in [0.15, 0.2) is 121 Å². The lowest BCUT2D eigenvalue weighted by Crippen LogP contribution is -2.48. The number of nitrogen functional groups attached to an aromatic ring is 1. The molecule has 5 N–H and O–H groups in total. The van der Waals surface area contributed by atoms with Crippen molar-refractivity contribution < 1.29 is 9.90 Å². The molecule has 6 nitrogen and oxygen atoms in total. The molecule has 45 heavy (non-hydrogen) atoms. The van der Waals surface area contributed by atoms with Crippen molar-refractivity contribution in [1.82, 2.24) is 10.3 Å². The number of nitrogens with zero attached hydrogens (tertiary/aromatic N) is 1. The van der Waals surface area contributed by atoms with Crippen molar-refractivity contribution in [1.29, 1.82) is 0 Å². The van der Waals surface area contributed by atoms with Gasteiger partial charge in [-0.2, -0.15) is 0 Å². The second kappa shape index (κ2) is 15.3. The van der Waals surface area contributed by atoms with E-state index in [4.69, 9.17) is 18.0 Å². The van der Waals surface area contributed by atoms with Gasteiger partial charge in [-0.15, -0.1) is 0 Å². The highest BCUT2D eigenvalue weighted by atomic mass is 32.1. The minimum atomic E-state index is -1.14. The van der Waals surface area contributed by atoms with Gasteiger partial charge in [0.25, 0.3) is 0 Å². The lowest BCUT2D eigenvalue weighted by molar-refractivity contribution is -0.118. The number of thiocarbonyl (C=S) groups is 1. The number of para-hydroxylation sites is 1. The summed E-state index contributed by atoms with van der Waals surface area (Å²) in [6.07, 6.45) is 2.43. The van der Waals surface area contributed by atoms with Crippen molar-refractivity contribution in [2.45, 2.75) is 52.1 Å². The Labute approximate surface area is 274 Å². The average molecular weight is 637 g/mol. The standard InChI is InChI=1S/C21H24N4O2S.C16H20Si/c1-21(13-26)10-16(24-12-14-7-8-23-18(22)9-14)19(17(27)11-21)20(28)25-15-5-3-2-4-6-15;1-16(2,3)17(14-10-6-4-7-11-14)15-12-8-5-9-13-15/h2-9,24,26H,10-13H2,1H3,(H2,22,23)(H,25,28);4-13,17H,1-3H3. The fraction of sp³-hybridized carbons (Fsp3) is 0.270. The topological polar surface area (TPSA) is 100 Å².